The fourth-order valence-electron chi connectivity index (χ4n) is 0.312. The zero-order valence-corrected chi connectivity index (χ0v) is 5.50. The minimum Gasteiger partial charge on any atom is -0.341 e. The van der Waals surface area contributed by atoms with Crippen molar-refractivity contribution in [1.82, 2.24) is 4.90 Å². The average molecular weight is 119 g/mol. The van der Waals surface area contributed by atoms with Gasteiger partial charge < -0.3 is 10.2 Å². The maximum Gasteiger partial charge on any atom is 0.233 e. The van der Waals surface area contributed by atoms with Crippen molar-refractivity contribution in [3.8, 4) is 0 Å². The summed E-state index contributed by atoms with van der Waals surface area (Å²) < 4.78 is 0. The van der Waals surface area contributed by atoms with E-state index < -0.39 is 12.5 Å². The number of aliphatic hydroxyl groups excluding tert-OH is 2. The molecule has 0 aliphatic heterocycles. The Morgan fingerprint density at radius 1 is 1.12 bits per heavy atom. The zero-order valence-electron chi connectivity index (χ0n) is 5.50. The summed E-state index contributed by atoms with van der Waals surface area (Å²) in [5.74, 6) is 0. The van der Waals surface area contributed by atoms with Crippen LogP contribution in [0.4, 0.5) is 0 Å². The fraction of sp³-hybridized carbons (Fsp3) is 1.00. The molecule has 0 spiro atoms. The molecule has 0 aromatic carbocycles. The first-order valence-electron chi connectivity index (χ1n) is 2.63. The maximum absolute atomic E-state index is 8.76. The molecule has 0 rings (SSSR count). The van der Waals surface area contributed by atoms with Gasteiger partial charge in [0.15, 0.2) is 0 Å². The van der Waals surface area contributed by atoms with Gasteiger partial charge in [0, 0.05) is 13.8 Å². The summed E-state index contributed by atoms with van der Waals surface area (Å²) in [6.07, 6.45) is -1.15. The Kier molecular flexibility index (Phi) is 2.97. The Bertz CT molecular complexity index is 55.4. The summed E-state index contributed by atoms with van der Waals surface area (Å²) in [6.45, 7) is 3.21. The van der Waals surface area contributed by atoms with Gasteiger partial charge in [-0.05, 0) is 0 Å². The second-order valence-electron chi connectivity index (χ2n) is 1.93. The maximum atomic E-state index is 8.76. The van der Waals surface area contributed by atoms with Gasteiger partial charge in [0.25, 0.3) is 0 Å². The lowest BCUT2D eigenvalue weighted by molar-refractivity contribution is -0.00221. The molecule has 0 fully saturated rings. The molecular weight excluding hydrogens is 106 g/mol. The van der Waals surface area contributed by atoms with Gasteiger partial charge in [0.1, 0.15) is 7.05 Å². The van der Waals surface area contributed by atoms with Crippen LogP contribution in [-0.2, 0) is 0 Å². The number of aliphatic hydroxyl groups is 2. The van der Waals surface area contributed by atoms with Crippen LogP contribution in [0.25, 0.3) is 0 Å². The molecule has 0 amide bonds. The number of hydrogen-bond acceptors (Lipinski definition) is 3. The van der Waals surface area contributed by atoms with Crippen molar-refractivity contribution >= 4 is 0 Å². The van der Waals surface area contributed by atoms with E-state index in [-0.39, 0.29) is 0 Å². The molecule has 0 heterocycles. The van der Waals surface area contributed by atoms with Crippen LogP contribution in [0.1, 0.15) is 13.8 Å². The monoisotopic (exact) mass is 119 g/mol. The highest BCUT2D eigenvalue weighted by Gasteiger charge is 2.19. The van der Waals surface area contributed by atoms with Gasteiger partial charge in [-0.25, -0.2) is 0 Å². The van der Waals surface area contributed by atoms with Crippen LogP contribution in [0, 0.1) is 0 Å². The molecule has 3 nitrogen and oxygen atoms in total. The molecule has 8 heavy (non-hydrogen) atoms. The van der Waals surface area contributed by atoms with Gasteiger partial charge in [0.2, 0.25) is 12.5 Å². The zero-order chi connectivity index (χ0) is 6.73. The molecule has 0 bridgehead atoms. The second kappa shape index (κ2) is 3.02. The molecule has 0 aliphatic rings. The first-order valence-corrected chi connectivity index (χ1v) is 2.63. The SMILES string of the molecule is CC(O)[N+](C)C(C)O. The third-order valence-electron chi connectivity index (χ3n) is 1.18. The van der Waals surface area contributed by atoms with Crippen molar-refractivity contribution in [3.05, 3.63) is 0 Å². The predicted octanol–water partition coefficient (Wildman–Crippen LogP) is -0.567. The Balaban J connectivity index is 3.46. The van der Waals surface area contributed by atoms with Crippen molar-refractivity contribution in [2.75, 3.05) is 7.05 Å². The van der Waals surface area contributed by atoms with Crippen LogP contribution in [0.15, 0.2) is 0 Å². The molecule has 2 atom stereocenters. The van der Waals surface area contributed by atoms with Crippen LogP contribution in [0.2, 0.25) is 0 Å². The highest BCUT2D eigenvalue weighted by molar-refractivity contribution is 4.56. The first-order chi connectivity index (χ1) is 3.55. The number of nitrogens with zero attached hydrogens (tertiary/aromatic N) is 1. The van der Waals surface area contributed by atoms with Crippen LogP contribution in [0.3, 0.4) is 0 Å². The molecule has 1 radical (unpaired) electrons. The summed E-state index contributed by atoms with van der Waals surface area (Å²) in [4.78, 5) is 1.44. The van der Waals surface area contributed by atoms with E-state index in [1.807, 2.05) is 0 Å². The van der Waals surface area contributed by atoms with E-state index in [1.165, 1.54) is 4.90 Å². The topological polar surface area (TPSA) is 46.4 Å². The molecule has 0 aromatic heterocycles. The van der Waals surface area contributed by atoms with E-state index in [4.69, 9.17) is 10.2 Å². The Hall–Kier alpha value is -0.120. The number of rotatable bonds is 2. The fourth-order valence-corrected chi connectivity index (χ4v) is 0.312. The quantitative estimate of drug-likeness (QED) is 0.378. The lowest BCUT2D eigenvalue weighted by atomic mass is 10.5. The summed E-state index contributed by atoms with van der Waals surface area (Å²) in [6, 6.07) is 0. The molecular formula is C5H13NO2+. The highest BCUT2D eigenvalue weighted by Crippen LogP contribution is 1.89. The normalized spacial score (nSPS) is 18.8. The van der Waals surface area contributed by atoms with Gasteiger partial charge in [-0.15, -0.1) is 4.90 Å². The molecule has 49 valence electrons. The van der Waals surface area contributed by atoms with E-state index in [2.05, 4.69) is 0 Å². The highest BCUT2D eigenvalue weighted by atomic mass is 16.3. The average Bonchev–Trinajstić information content (AvgIpc) is 1.64. The van der Waals surface area contributed by atoms with Gasteiger partial charge in [-0.2, -0.15) is 0 Å². The van der Waals surface area contributed by atoms with Gasteiger partial charge in [0.05, 0.1) is 0 Å². The molecule has 2 unspecified atom stereocenters. The second-order valence-corrected chi connectivity index (χ2v) is 1.93. The molecule has 0 saturated heterocycles. The van der Waals surface area contributed by atoms with Crippen molar-refractivity contribution in [3.63, 3.8) is 0 Å². The standard InChI is InChI=1S/C5H13NO2/c1-4(7)6(3)5(2)8/h4-5,7-8H,1-3H3/q+1. The van der Waals surface area contributed by atoms with Crippen molar-refractivity contribution in [2.24, 2.45) is 0 Å². The Labute approximate surface area is 49.5 Å². The van der Waals surface area contributed by atoms with Gasteiger partial charge in [-0.1, -0.05) is 0 Å². The van der Waals surface area contributed by atoms with Gasteiger partial charge in [-0.3, -0.25) is 0 Å². The summed E-state index contributed by atoms with van der Waals surface area (Å²) >= 11 is 0. The first kappa shape index (κ1) is 7.88. The number of hydrogen-bond donors (Lipinski definition) is 2. The summed E-state index contributed by atoms with van der Waals surface area (Å²) in [7, 11) is 1.65. The van der Waals surface area contributed by atoms with Crippen LogP contribution in [0.5, 0.6) is 0 Å². The van der Waals surface area contributed by atoms with E-state index in [1.54, 1.807) is 20.9 Å². The van der Waals surface area contributed by atoms with Crippen LogP contribution >= 0.6 is 0 Å². The molecule has 2 N–H and O–H groups in total. The Morgan fingerprint density at radius 2 is 1.38 bits per heavy atom. The third kappa shape index (κ3) is 2.26. The van der Waals surface area contributed by atoms with Crippen LogP contribution < -0.4 is 4.90 Å². The third-order valence-corrected chi connectivity index (χ3v) is 1.18. The van der Waals surface area contributed by atoms with E-state index in [0.29, 0.717) is 0 Å². The summed E-state index contributed by atoms with van der Waals surface area (Å²) in [5, 5.41) is 17.5. The largest absolute Gasteiger partial charge is 0.341 e. The molecule has 0 aliphatic carbocycles. The Morgan fingerprint density at radius 3 is 1.38 bits per heavy atom. The van der Waals surface area contributed by atoms with E-state index in [0.717, 1.165) is 0 Å². The van der Waals surface area contributed by atoms with Crippen molar-refractivity contribution < 1.29 is 10.2 Å². The van der Waals surface area contributed by atoms with Crippen LogP contribution in [-0.4, -0.2) is 29.7 Å². The lowest BCUT2D eigenvalue weighted by Gasteiger charge is -2.10. The minimum atomic E-state index is -0.574. The predicted molar refractivity (Wildman–Crippen MR) is 31.4 cm³/mol. The minimum absolute atomic E-state index is 0.574. The van der Waals surface area contributed by atoms with E-state index in [9.17, 15) is 0 Å². The van der Waals surface area contributed by atoms with Gasteiger partial charge >= 0.3 is 0 Å². The van der Waals surface area contributed by atoms with Crippen molar-refractivity contribution in [1.29, 1.82) is 0 Å². The molecule has 0 aromatic rings. The van der Waals surface area contributed by atoms with E-state index >= 15 is 0 Å². The lowest BCUT2D eigenvalue weighted by Crippen LogP contribution is -2.41. The molecule has 3 heteroatoms. The molecule has 0 saturated carbocycles. The smallest absolute Gasteiger partial charge is 0.233 e. The van der Waals surface area contributed by atoms with Crippen molar-refractivity contribution in [2.45, 2.75) is 26.3 Å². The summed E-state index contributed by atoms with van der Waals surface area (Å²) in [5.41, 5.74) is 0.